The number of phenols is 2. The van der Waals surface area contributed by atoms with Gasteiger partial charge in [-0.1, -0.05) is 64.9 Å². The molecule has 0 radical (unpaired) electrons. The van der Waals surface area contributed by atoms with Gasteiger partial charge in [-0.2, -0.15) is 0 Å². The number of allylic oxidation sites excluding steroid dienone is 2. The number of nitrogens with zero attached hydrogens (tertiary/aromatic N) is 6. The molecule has 406 valence electrons. The number of amides is 2. The first-order valence-corrected chi connectivity index (χ1v) is 26.5. The molecule has 19 heteroatoms. The second-order valence-electron chi connectivity index (χ2n) is 22.7. The molecule has 19 nitrogen and oxygen atoms in total. The second-order valence-corrected chi connectivity index (χ2v) is 22.7. The minimum Gasteiger partial charge on any atom is -0.507 e. The van der Waals surface area contributed by atoms with E-state index in [1.807, 2.05) is 20.8 Å². The Hall–Kier alpha value is -5.86. The maximum absolute atomic E-state index is 15.0. The number of aromatic nitrogens is 1. The number of piperidine rings is 1. The molecule has 3 fully saturated rings. The van der Waals surface area contributed by atoms with E-state index in [4.69, 9.17) is 28.5 Å². The zero-order chi connectivity index (χ0) is 54.2. The van der Waals surface area contributed by atoms with Crippen LogP contribution >= 0.6 is 0 Å². The summed E-state index contributed by atoms with van der Waals surface area (Å²) in [5.74, 6) is -5.52. The molecule has 7 aliphatic rings. The van der Waals surface area contributed by atoms with E-state index in [-0.39, 0.29) is 61.8 Å². The number of aliphatic hydroxyl groups is 2. The Balaban J connectivity index is 1.08. The number of benzene rings is 2. The van der Waals surface area contributed by atoms with Crippen LogP contribution in [0, 0.1) is 50.4 Å². The first-order chi connectivity index (χ1) is 35.5. The van der Waals surface area contributed by atoms with E-state index in [2.05, 4.69) is 39.1 Å². The molecule has 0 aliphatic carbocycles. The van der Waals surface area contributed by atoms with Crippen molar-refractivity contribution in [1.82, 2.24) is 19.9 Å². The molecule has 11 atom stereocenters. The molecule has 5 N–H and O–H groups in total. The molecule has 3 aromatic rings. The van der Waals surface area contributed by atoms with Crippen LogP contribution in [0.1, 0.15) is 108 Å². The lowest BCUT2D eigenvalue weighted by atomic mass is 9.78. The molecule has 7 aliphatic heterocycles. The van der Waals surface area contributed by atoms with Crippen LogP contribution in [-0.2, 0) is 25.5 Å². The number of rotatable bonds is 6. The number of carbonyl (C=O) groups excluding carboxylic acids is 3. The molecule has 75 heavy (non-hydrogen) atoms. The summed E-state index contributed by atoms with van der Waals surface area (Å²) in [6.07, 6.45) is 5.18. The molecule has 7 bridgehead atoms. The van der Waals surface area contributed by atoms with E-state index < -0.39 is 83.1 Å². The summed E-state index contributed by atoms with van der Waals surface area (Å²) in [4.78, 5) is 59.6. The number of methoxy groups -OCH3 is 1. The van der Waals surface area contributed by atoms with Gasteiger partial charge in [-0.05, 0) is 46.1 Å². The average Bonchev–Trinajstić information content (AvgIpc) is 4.24. The van der Waals surface area contributed by atoms with Crippen molar-refractivity contribution in [2.24, 2.45) is 39.6 Å². The Kier molecular flexibility index (Phi) is 14.8. The van der Waals surface area contributed by atoms with Gasteiger partial charge in [0.15, 0.2) is 5.75 Å². The number of anilines is 1. The van der Waals surface area contributed by atoms with Crippen molar-refractivity contribution in [3.05, 3.63) is 75.0 Å². The van der Waals surface area contributed by atoms with Gasteiger partial charge in [0.05, 0.1) is 46.9 Å². The van der Waals surface area contributed by atoms with Gasteiger partial charge in [-0.25, -0.2) is 9.79 Å². The van der Waals surface area contributed by atoms with Gasteiger partial charge in [-0.3, -0.25) is 19.5 Å². The minimum atomic E-state index is -1.99. The molecule has 0 saturated carbocycles. The van der Waals surface area contributed by atoms with Gasteiger partial charge < -0.3 is 59.0 Å². The largest absolute Gasteiger partial charge is 0.507 e. The van der Waals surface area contributed by atoms with Crippen LogP contribution in [0.25, 0.3) is 10.8 Å². The van der Waals surface area contributed by atoms with E-state index in [0.29, 0.717) is 57.2 Å². The summed E-state index contributed by atoms with van der Waals surface area (Å²) in [6, 6.07) is 0.00141. The zero-order valence-electron chi connectivity index (χ0n) is 45.3. The fourth-order valence-corrected chi connectivity index (χ4v) is 12.3. The molecule has 3 saturated heterocycles. The number of hydrogen-bond donors (Lipinski definition) is 5. The number of phenolic OH excluding ortho intramolecular Hbond substituents is 2. The van der Waals surface area contributed by atoms with Crippen LogP contribution in [0.3, 0.4) is 0 Å². The first kappa shape index (κ1) is 53.9. The summed E-state index contributed by atoms with van der Waals surface area (Å²) in [6.45, 7) is 24.0. The van der Waals surface area contributed by atoms with E-state index in [1.54, 1.807) is 63.8 Å². The van der Waals surface area contributed by atoms with Gasteiger partial charge >= 0.3 is 11.9 Å². The van der Waals surface area contributed by atoms with Gasteiger partial charge in [0.2, 0.25) is 0 Å². The van der Waals surface area contributed by atoms with E-state index in [1.165, 1.54) is 20.3 Å². The van der Waals surface area contributed by atoms with Crippen molar-refractivity contribution < 1.29 is 58.3 Å². The highest BCUT2D eigenvalue weighted by molar-refractivity contribution is 6.21. The number of piperazine rings is 1. The second kappa shape index (κ2) is 20.6. The molecule has 8 heterocycles. The fraction of sp³-hybridized carbons (Fsp3) is 0.607. The van der Waals surface area contributed by atoms with Crippen molar-refractivity contribution in [1.29, 1.82) is 0 Å². The average molecular weight is 1040 g/mol. The minimum absolute atomic E-state index is 0.0487. The van der Waals surface area contributed by atoms with Gasteiger partial charge in [0, 0.05) is 124 Å². The number of Topliss-reactive ketones (excluding diaryl/α,β-unsaturated/α-hetero) is 1. The third-order valence-corrected chi connectivity index (χ3v) is 17.0. The van der Waals surface area contributed by atoms with Crippen LogP contribution < -0.4 is 20.8 Å². The van der Waals surface area contributed by atoms with E-state index in [0.717, 1.165) is 30.0 Å². The van der Waals surface area contributed by atoms with Crippen molar-refractivity contribution in [2.75, 3.05) is 45.2 Å². The Morgan fingerprint density at radius 2 is 1.65 bits per heavy atom. The lowest BCUT2D eigenvalue weighted by Crippen LogP contribution is -2.52. The van der Waals surface area contributed by atoms with Gasteiger partial charge in [0.1, 0.15) is 39.7 Å². The Labute approximate surface area is 437 Å². The van der Waals surface area contributed by atoms with Crippen molar-refractivity contribution >= 4 is 34.2 Å². The number of likely N-dealkylation sites (tertiary alicyclic amines) is 3. The first-order valence-electron chi connectivity index (χ1n) is 26.5. The number of ketones is 1. The molecule has 1 spiro atoms. The quantitative estimate of drug-likeness (QED) is 0.181. The highest BCUT2D eigenvalue weighted by atomic mass is 16.7. The maximum Gasteiger partial charge on any atom is 0.410 e. The number of aliphatic hydroxyl groups excluding tert-OH is 2. The monoisotopic (exact) mass is 1040 g/mol. The standard InChI is InChI=1S/C56H75N7O12/c1-27(2)23-61-19-17-56(18-20-61)58-43-40-41-48(66)33(8)51-42(40)52(68)55(11,74-51)72-21-16-39(71-12)30(5)50(73-54(70)63-25-36-22-37(63)24-62(36)26-38-34(9)60-75-35(38)10)32(7)47(65)31(6)46(64)28(3)14-13-15-29(4)53(69)57-45(49(41)67)44(43)59-56/h13-16,21,27-28,30-32,36-37,39,46-47,50,58,64-67H,17-20,22-26H2,1-12H3/b14-13+,21-16+,29-15-,57-45?/t28-,30+,31+,32+,36?,37?,39-,46-,47+,50+,55-/m0/s1. The van der Waals surface area contributed by atoms with E-state index >= 15 is 4.79 Å². The Morgan fingerprint density at radius 3 is 2.29 bits per heavy atom. The van der Waals surface area contributed by atoms with Crippen molar-refractivity contribution in [2.45, 2.75) is 150 Å². The molecule has 2 amide bonds. The SMILES string of the molecule is CO[C@H]1/C=C/O[C@@]2(C)Oc3c(C)c(O)c4c(O)c(c5c(c4c3C2=O)NC2(CCN(CC(C)C)CC2)N=5)=NC(=O)/C(C)=C\C=C\[C@H](C)[C@H](O)[C@@H](C)[C@@H](O)[C@@H](C)[C@H](OC(=O)N2CC3CC2CN3Cc2c(C)noc2C)[C@@H]1C. The normalized spacial score (nSPS) is 32.7. The third kappa shape index (κ3) is 9.72. The lowest BCUT2D eigenvalue weighted by Gasteiger charge is -2.40. The molecule has 2 aromatic carbocycles. The van der Waals surface area contributed by atoms with Crippen LogP contribution in [0.4, 0.5) is 10.5 Å². The summed E-state index contributed by atoms with van der Waals surface area (Å²) in [7, 11) is 1.50. The highest BCUT2D eigenvalue weighted by Gasteiger charge is 2.52. The zero-order valence-corrected chi connectivity index (χ0v) is 45.3. The Bertz CT molecular complexity index is 2960. The molecular weight excluding hydrogens is 963 g/mol. The number of ether oxygens (including phenoxy) is 4. The lowest BCUT2D eigenvalue weighted by molar-refractivity contribution is -0.114. The van der Waals surface area contributed by atoms with Crippen LogP contribution in [0.5, 0.6) is 17.2 Å². The molecule has 10 rings (SSSR count). The summed E-state index contributed by atoms with van der Waals surface area (Å²) >= 11 is 0. The van der Waals surface area contributed by atoms with Gasteiger partial charge in [0.25, 0.3) is 11.7 Å². The summed E-state index contributed by atoms with van der Waals surface area (Å²) in [5, 5.41) is 55.9. The van der Waals surface area contributed by atoms with Crippen LogP contribution in [-0.4, -0.2) is 146 Å². The predicted molar refractivity (Wildman–Crippen MR) is 278 cm³/mol. The number of aryl methyl sites for hydroxylation is 2. The van der Waals surface area contributed by atoms with Crippen LogP contribution in [0.2, 0.25) is 0 Å². The number of hydrogen-bond acceptors (Lipinski definition) is 17. The number of nitrogens with one attached hydrogen (secondary N) is 1. The van der Waals surface area contributed by atoms with Crippen molar-refractivity contribution in [3.63, 3.8) is 0 Å². The molecule has 1 aromatic heterocycles. The number of fused-ring (bicyclic) bond motifs is 15. The molecular formula is C56H75N7O12. The highest BCUT2D eigenvalue weighted by Crippen LogP contribution is 2.51. The third-order valence-electron chi connectivity index (χ3n) is 17.0. The number of aromatic hydroxyl groups is 2. The van der Waals surface area contributed by atoms with Crippen molar-refractivity contribution in [3.8, 4) is 17.2 Å². The summed E-state index contributed by atoms with van der Waals surface area (Å²) in [5.41, 5.74) is 1.74. The maximum atomic E-state index is 15.0. The Morgan fingerprint density at radius 1 is 0.933 bits per heavy atom. The smallest absolute Gasteiger partial charge is 0.410 e. The fourth-order valence-electron chi connectivity index (χ4n) is 12.3. The van der Waals surface area contributed by atoms with E-state index in [9.17, 15) is 30.0 Å². The number of carbonyl (C=O) groups is 3. The van der Waals surface area contributed by atoms with Crippen LogP contribution in [0.15, 0.2) is 50.6 Å². The summed E-state index contributed by atoms with van der Waals surface area (Å²) < 4.78 is 30.6. The topological polar surface area (TPSA) is 242 Å². The predicted octanol–water partition coefficient (Wildman–Crippen LogP) is 5.89. The molecule has 2 unspecified atom stereocenters. The van der Waals surface area contributed by atoms with Gasteiger partial charge in [-0.15, -0.1) is 0 Å².